The van der Waals surface area contributed by atoms with Crippen LogP contribution in [-0.4, -0.2) is 105 Å². The number of carboxylic acid groups (broad SMARTS) is 6. The highest BCUT2D eigenvalue weighted by Gasteiger charge is 2.24. The van der Waals surface area contributed by atoms with Crippen LogP contribution in [0.15, 0.2) is 36.4 Å². The normalized spacial score (nSPS) is 14.0. The Morgan fingerprint density at radius 2 is 0.623 bits per heavy atom. The molecule has 0 bridgehead atoms. The molecule has 0 aliphatic carbocycles. The molecule has 0 spiro atoms. The summed E-state index contributed by atoms with van der Waals surface area (Å²) in [6.07, 6.45) is 0. The summed E-state index contributed by atoms with van der Waals surface area (Å²) >= 11 is 2.90. The van der Waals surface area contributed by atoms with Gasteiger partial charge in [-0.05, 0) is 128 Å². The highest BCUT2D eigenvalue weighted by molar-refractivity contribution is 7.18. The first kappa shape index (κ1) is 50.1. The zero-order chi connectivity index (χ0) is 50.2. The summed E-state index contributed by atoms with van der Waals surface area (Å²) in [6, 6.07) is 9.08. The van der Waals surface area contributed by atoms with Gasteiger partial charge in [-0.2, -0.15) is 0 Å². The number of aromatic nitrogens is 3. The summed E-state index contributed by atoms with van der Waals surface area (Å²) in [5.74, 6) is -8.66. The van der Waals surface area contributed by atoms with Crippen molar-refractivity contribution in [3.63, 3.8) is 0 Å². The van der Waals surface area contributed by atoms with Gasteiger partial charge in [-0.3, -0.25) is 29.7 Å². The molecule has 0 unspecified atom stereocenters. The minimum Gasteiger partial charge on any atom is -0.544 e. The van der Waals surface area contributed by atoms with E-state index in [0.29, 0.717) is 121 Å². The molecule has 7 heterocycles. The predicted molar refractivity (Wildman–Crippen MR) is 243 cm³/mol. The Kier molecular flexibility index (Phi) is 14.9. The Labute approximate surface area is 407 Å². The van der Waals surface area contributed by atoms with Gasteiger partial charge in [-0.1, -0.05) is 0 Å². The van der Waals surface area contributed by atoms with Crippen molar-refractivity contribution in [2.75, 3.05) is 39.3 Å². The van der Waals surface area contributed by atoms with Crippen LogP contribution in [0.25, 0.3) is 31.3 Å². The number of thiophene rings is 3. The lowest BCUT2D eigenvalue weighted by molar-refractivity contribution is -0.256. The number of hydrogen-bond donors (Lipinski definition) is 0. The predicted octanol–water partition coefficient (Wildman–Crippen LogP) is -0.0914. The van der Waals surface area contributed by atoms with E-state index in [-0.39, 0.29) is 51.3 Å². The van der Waals surface area contributed by atoms with Crippen molar-refractivity contribution < 1.29 is 59.4 Å². The third kappa shape index (κ3) is 10.9. The summed E-state index contributed by atoms with van der Waals surface area (Å²) in [4.78, 5) is 93.6. The van der Waals surface area contributed by atoms with Crippen molar-refractivity contribution >= 4 is 69.8 Å². The SMILES string of the molecule is Cc1c(C(=O)[O-])sc(-c2cc(CN3CCN(Cc4cc(-c5sc(C(=O)[O-])c(C)c5C)cc(C(=O)[O-])n4)CCN(Cc4cc(-c5sc(C(=O)[O-])c(C)c5C)cc(C(=O)[O-])n4)CC3)nc(C(=O)[O-])c2)c1C. The minimum absolute atomic E-state index is 0.0143. The molecule has 0 N–H and O–H groups in total. The molecule has 7 rings (SSSR count). The quantitative estimate of drug-likeness (QED) is 0.130. The number of nitrogens with zero attached hydrogens (tertiary/aromatic N) is 6. The van der Waals surface area contributed by atoms with Gasteiger partial charge in [0.15, 0.2) is 0 Å². The van der Waals surface area contributed by atoms with Gasteiger partial charge in [0.2, 0.25) is 0 Å². The average Bonchev–Trinajstić information content (AvgIpc) is 3.91. The first-order chi connectivity index (χ1) is 32.6. The first-order valence-corrected chi connectivity index (χ1v) is 23.8. The Morgan fingerprint density at radius 3 is 0.812 bits per heavy atom. The van der Waals surface area contributed by atoms with Crippen molar-refractivity contribution in [1.29, 1.82) is 0 Å². The maximum absolute atomic E-state index is 12.3. The third-order valence-corrected chi connectivity index (χ3v) is 16.6. The fraction of sp³-hybridized carbons (Fsp3) is 0.312. The van der Waals surface area contributed by atoms with E-state index < -0.39 is 35.8 Å². The van der Waals surface area contributed by atoms with Crippen LogP contribution >= 0.6 is 34.0 Å². The van der Waals surface area contributed by atoms with Crippen LogP contribution in [0.3, 0.4) is 0 Å². The van der Waals surface area contributed by atoms with Gasteiger partial charge < -0.3 is 59.4 Å². The standard InChI is InChI=1S/C48H48N6O12S3/c1-22-25(4)40(46(61)62)67-37(22)28-13-31(49-34(16-28)43(55)56)19-52-7-9-53(20-32-14-29(17-35(50-32)44(57)58)38-23(2)26(5)41(68-38)47(63)64)11-12-54(10-8-52)21-33-15-30(18-36(51-33)45(59)60)39-24(3)27(6)42(69-39)48(65)66/h13-18H,7-12,19-21H2,1-6H3,(H,55,56)(H,57,58)(H,59,60)(H,61,62)(H,63,64)(H,65,66)/p-6. The highest BCUT2D eigenvalue weighted by atomic mass is 32.1. The van der Waals surface area contributed by atoms with E-state index in [4.69, 9.17) is 0 Å². The van der Waals surface area contributed by atoms with E-state index in [1.807, 2.05) is 14.7 Å². The third-order valence-electron chi connectivity index (χ3n) is 12.3. The number of carbonyl (C=O) groups is 6. The second-order valence-corrected chi connectivity index (χ2v) is 19.8. The topological polar surface area (TPSA) is 289 Å². The maximum atomic E-state index is 12.3. The summed E-state index contributed by atoms with van der Waals surface area (Å²) < 4.78 is 0. The van der Waals surface area contributed by atoms with Crippen LogP contribution in [-0.2, 0) is 19.6 Å². The summed E-state index contributed by atoms with van der Waals surface area (Å²) in [7, 11) is 0. The molecule has 0 aromatic carbocycles. The van der Waals surface area contributed by atoms with E-state index in [9.17, 15) is 59.4 Å². The van der Waals surface area contributed by atoms with Crippen molar-refractivity contribution in [3.8, 4) is 31.3 Å². The average molecular weight is 991 g/mol. The number of hydrogen-bond acceptors (Lipinski definition) is 21. The van der Waals surface area contributed by atoms with Crippen molar-refractivity contribution in [3.05, 3.63) is 119 Å². The van der Waals surface area contributed by atoms with Crippen LogP contribution in [0, 0.1) is 41.5 Å². The molecule has 6 aromatic rings. The molecule has 0 radical (unpaired) electrons. The van der Waals surface area contributed by atoms with Gasteiger partial charge in [0.05, 0.1) is 84.6 Å². The van der Waals surface area contributed by atoms with Crippen LogP contribution < -0.4 is 30.6 Å². The number of rotatable bonds is 15. The second-order valence-electron chi connectivity index (χ2n) is 16.8. The molecule has 1 aliphatic heterocycles. The summed E-state index contributed by atoms with van der Waals surface area (Å²) in [5.41, 5.74) is 4.67. The van der Waals surface area contributed by atoms with Gasteiger partial charge in [0.25, 0.3) is 0 Å². The van der Waals surface area contributed by atoms with Crippen molar-refractivity contribution in [2.45, 2.75) is 61.2 Å². The first-order valence-electron chi connectivity index (χ1n) is 21.4. The largest absolute Gasteiger partial charge is 0.544 e. The van der Waals surface area contributed by atoms with E-state index in [1.165, 1.54) is 18.2 Å². The van der Waals surface area contributed by atoms with Gasteiger partial charge in [-0.15, -0.1) is 34.0 Å². The van der Waals surface area contributed by atoms with Gasteiger partial charge in [-0.25, -0.2) is 0 Å². The van der Waals surface area contributed by atoms with Crippen molar-refractivity contribution in [1.82, 2.24) is 29.7 Å². The summed E-state index contributed by atoms with van der Waals surface area (Å²) in [5, 5.41) is 72.7. The van der Waals surface area contributed by atoms with Crippen LogP contribution in [0.5, 0.6) is 0 Å². The fourth-order valence-electron chi connectivity index (χ4n) is 8.26. The zero-order valence-corrected chi connectivity index (χ0v) is 40.6. The van der Waals surface area contributed by atoms with Crippen LogP contribution in [0.2, 0.25) is 0 Å². The minimum atomic E-state index is -1.53. The molecule has 21 heteroatoms. The fourth-order valence-corrected chi connectivity index (χ4v) is 11.7. The number of aromatic carboxylic acids is 6. The molecule has 69 heavy (non-hydrogen) atoms. The van der Waals surface area contributed by atoms with E-state index in [0.717, 1.165) is 34.0 Å². The monoisotopic (exact) mass is 990 g/mol. The zero-order valence-electron chi connectivity index (χ0n) is 38.1. The van der Waals surface area contributed by atoms with Crippen molar-refractivity contribution in [2.24, 2.45) is 0 Å². The van der Waals surface area contributed by atoms with Crippen LogP contribution in [0.4, 0.5) is 0 Å². The lowest BCUT2D eigenvalue weighted by Gasteiger charge is -2.26. The molecule has 1 fully saturated rings. The number of carbonyl (C=O) groups excluding carboxylic acids is 6. The lowest BCUT2D eigenvalue weighted by atomic mass is 10.1. The smallest absolute Gasteiger partial charge is 0.0900 e. The van der Waals surface area contributed by atoms with E-state index in [1.54, 1.807) is 59.7 Å². The van der Waals surface area contributed by atoms with Crippen LogP contribution in [0.1, 0.15) is 111 Å². The number of pyridine rings is 3. The second kappa shape index (κ2) is 20.5. The van der Waals surface area contributed by atoms with Gasteiger partial charge in [0.1, 0.15) is 0 Å². The molecule has 6 aromatic heterocycles. The molecule has 1 aliphatic rings. The Balaban J connectivity index is 1.26. The molecular weight excluding hydrogens is 949 g/mol. The Morgan fingerprint density at radius 1 is 0.391 bits per heavy atom. The molecule has 0 atom stereocenters. The van der Waals surface area contributed by atoms with E-state index in [2.05, 4.69) is 15.0 Å². The summed E-state index contributed by atoms with van der Waals surface area (Å²) in [6.45, 7) is 12.7. The van der Waals surface area contributed by atoms with E-state index >= 15 is 0 Å². The molecule has 18 nitrogen and oxygen atoms in total. The molecule has 360 valence electrons. The molecule has 0 saturated carbocycles. The molecular formula is C48H42N6O12S3-6. The Hall–Kier alpha value is -6.75. The molecule has 1 saturated heterocycles. The lowest BCUT2D eigenvalue weighted by Crippen LogP contribution is -2.36. The van der Waals surface area contributed by atoms with Gasteiger partial charge >= 0.3 is 0 Å². The highest BCUT2D eigenvalue weighted by Crippen LogP contribution is 2.39. The number of carboxylic acids is 6. The molecule has 0 amide bonds. The Bertz CT molecular complexity index is 2750. The van der Waals surface area contributed by atoms with Gasteiger partial charge in [0, 0.05) is 73.5 Å². The maximum Gasteiger partial charge on any atom is 0.0900 e.